The predicted octanol–water partition coefficient (Wildman–Crippen LogP) is 2.63. The number of amides is 3. The van der Waals surface area contributed by atoms with E-state index >= 15 is 0 Å². The molecule has 0 saturated carbocycles. The first-order valence-electron chi connectivity index (χ1n) is 10.7. The van der Waals surface area contributed by atoms with E-state index in [0.717, 1.165) is 5.56 Å². The molecular weight excluding hydrogens is 414 g/mol. The first-order valence-corrected chi connectivity index (χ1v) is 11.9. The molecule has 0 bridgehead atoms. The lowest BCUT2D eigenvalue weighted by Crippen LogP contribution is -2.56. The molecule has 2 aliphatic rings. The Labute approximate surface area is 189 Å². The van der Waals surface area contributed by atoms with Gasteiger partial charge in [0, 0.05) is 43.9 Å². The number of carbonyl (C=O) groups excluding carboxylic acids is 3. The number of carbonyl (C=O) groups is 3. The van der Waals surface area contributed by atoms with Crippen LogP contribution in [0.15, 0.2) is 18.2 Å². The highest BCUT2D eigenvalue weighted by molar-refractivity contribution is 7.99. The number of hydrogen-bond acceptors (Lipinski definition) is 5. The van der Waals surface area contributed by atoms with Crippen LogP contribution >= 0.6 is 11.8 Å². The number of piperazine rings is 1. The van der Waals surface area contributed by atoms with Gasteiger partial charge < -0.3 is 19.4 Å². The number of thioether (sulfide) groups is 1. The molecule has 3 amide bonds. The Morgan fingerprint density at radius 3 is 2.35 bits per heavy atom. The fourth-order valence-electron chi connectivity index (χ4n) is 3.92. The van der Waals surface area contributed by atoms with Gasteiger partial charge in [-0.05, 0) is 30.0 Å². The van der Waals surface area contributed by atoms with Crippen LogP contribution in [0, 0.1) is 12.3 Å². The quantitative estimate of drug-likeness (QED) is 0.710. The Kier molecular flexibility index (Phi) is 7.19. The molecule has 2 heterocycles. The second-order valence-electron chi connectivity index (χ2n) is 9.42. The number of ether oxygens (including phenoxy) is 1. The summed E-state index contributed by atoms with van der Waals surface area (Å²) in [7, 11) is 1.60. The van der Waals surface area contributed by atoms with Gasteiger partial charge in [0.1, 0.15) is 11.8 Å². The van der Waals surface area contributed by atoms with Gasteiger partial charge >= 0.3 is 0 Å². The molecule has 2 fully saturated rings. The Morgan fingerprint density at radius 2 is 1.74 bits per heavy atom. The van der Waals surface area contributed by atoms with E-state index in [4.69, 9.17) is 4.74 Å². The van der Waals surface area contributed by atoms with Gasteiger partial charge in [-0.1, -0.05) is 26.8 Å². The summed E-state index contributed by atoms with van der Waals surface area (Å²) >= 11 is 1.63. The van der Waals surface area contributed by atoms with E-state index in [1.54, 1.807) is 39.6 Å². The van der Waals surface area contributed by atoms with Crippen molar-refractivity contribution in [1.82, 2.24) is 14.7 Å². The minimum atomic E-state index is -0.400. The molecule has 7 nitrogen and oxygen atoms in total. The third-order valence-electron chi connectivity index (χ3n) is 5.70. The highest BCUT2D eigenvalue weighted by atomic mass is 32.2. The lowest BCUT2D eigenvalue weighted by atomic mass is 9.91. The normalized spacial score (nSPS) is 19.5. The van der Waals surface area contributed by atoms with Crippen LogP contribution in [0.3, 0.4) is 0 Å². The van der Waals surface area contributed by atoms with Crippen LogP contribution in [0.25, 0.3) is 0 Å². The maximum atomic E-state index is 13.1. The van der Waals surface area contributed by atoms with Crippen molar-refractivity contribution in [2.24, 2.45) is 5.41 Å². The summed E-state index contributed by atoms with van der Waals surface area (Å²) in [5.74, 6) is 1.88. The number of benzene rings is 1. The molecule has 0 aromatic heterocycles. The molecule has 2 saturated heterocycles. The number of aryl methyl sites for hydroxylation is 1. The van der Waals surface area contributed by atoms with Gasteiger partial charge in [0.25, 0.3) is 5.91 Å². The van der Waals surface area contributed by atoms with Crippen LogP contribution in [0.2, 0.25) is 0 Å². The SMILES string of the molecule is COc1cc(C(=O)N2CCN(C(=O)C3CSCN3C(=O)CC(C)(C)C)CC2)ccc1C. The summed E-state index contributed by atoms with van der Waals surface area (Å²) in [6.07, 6.45) is 0.430. The first-order chi connectivity index (χ1) is 14.6. The zero-order valence-electron chi connectivity index (χ0n) is 19.1. The fourth-order valence-corrected chi connectivity index (χ4v) is 5.10. The van der Waals surface area contributed by atoms with Gasteiger partial charge in [0.2, 0.25) is 11.8 Å². The summed E-state index contributed by atoms with van der Waals surface area (Å²) in [5.41, 5.74) is 1.46. The zero-order valence-corrected chi connectivity index (χ0v) is 20.0. The number of methoxy groups -OCH3 is 1. The summed E-state index contributed by atoms with van der Waals surface area (Å²) in [5, 5.41) is 0. The van der Waals surface area contributed by atoms with E-state index in [-0.39, 0.29) is 23.1 Å². The van der Waals surface area contributed by atoms with Gasteiger partial charge in [0.15, 0.2) is 0 Å². The maximum Gasteiger partial charge on any atom is 0.254 e. The summed E-state index contributed by atoms with van der Waals surface area (Å²) in [4.78, 5) is 44.1. The minimum Gasteiger partial charge on any atom is -0.496 e. The topological polar surface area (TPSA) is 70.2 Å². The van der Waals surface area contributed by atoms with E-state index in [2.05, 4.69) is 0 Å². The highest BCUT2D eigenvalue weighted by Crippen LogP contribution is 2.28. The molecule has 1 atom stereocenters. The van der Waals surface area contributed by atoms with Crippen LogP contribution < -0.4 is 4.74 Å². The standard InChI is InChI=1S/C23H33N3O4S/c1-16-6-7-17(12-19(16)30-5)21(28)24-8-10-25(11-9-24)22(29)18-14-31-15-26(18)20(27)13-23(2,3)4/h6-7,12,18H,8-11,13-15H2,1-5H3. The van der Waals surface area contributed by atoms with Gasteiger partial charge in [-0.2, -0.15) is 0 Å². The molecule has 31 heavy (non-hydrogen) atoms. The summed E-state index contributed by atoms with van der Waals surface area (Å²) in [6, 6.07) is 5.06. The lowest BCUT2D eigenvalue weighted by Gasteiger charge is -2.37. The van der Waals surface area contributed by atoms with Crippen molar-refractivity contribution in [3.8, 4) is 5.75 Å². The van der Waals surface area contributed by atoms with Crippen LogP contribution in [-0.4, -0.2) is 83.4 Å². The van der Waals surface area contributed by atoms with E-state index in [9.17, 15) is 14.4 Å². The van der Waals surface area contributed by atoms with E-state index in [1.807, 2.05) is 39.8 Å². The molecule has 1 aromatic rings. The average Bonchev–Trinajstić information content (AvgIpc) is 3.22. The number of rotatable bonds is 4. The highest BCUT2D eigenvalue weighted by Gasteiger charge is 2.39. The second-order valence-corrected chi connectivity index (χ2v) is 10.4. The number of nitrogens with zero attached hydrogens (tertiary/aromatic N) is 3. The van der Waals surface area contributed by atoms with Crippen LogP contribution in [-0.2, 0) is 9.59 Å². The smallest absolute Gasteiger partial charge is 0.254 e. The van der Waals surface area contributed by atoms with Crippen LogP contribution in [0.5, 0.6) is 5.75 Å². The van der Waals surface area contributed by atoms with Crippen LogP contribution in [0.1, 0.15) is 43.1 Å². The lowest BCUT2D eigenvalue weighted by molar-refractivity contribution is -0.145. The van der Waals surface area contributed by atoms with Crippen molar-refractivity contribution in [2.75, 3.05) is 44.9 Å². The van der Waals surface area contributed by atoms with Crippen molar-refractivity contribution in [1.29, 1.82) is 0 Å². The molecule has 2 aliphatic heterocycles. The summed E-state index contributed by atoms with van der Waals surface area (Å²) < 4.78 is 5.33. The molecule has 0 radical (unpaired) electrons. The van der Waals surface area contributed by atoms with E-state index in [0.29, 0.717) is 55.5 Å². The molecule has 3 rings (SSSR count). The zero-order chi connectivity index (χ0) is 22.8. The van der Waals surface area contributed by atoms with Crippen molar-refractivity contribution in [3.63, 3.8) is 0 Å². The summed E-state index contributed by atoms with van der Waals surface area (Å²) in [6.45, 7) is 9.97. The molecule has 1 unspecified atom stereocenters. The van der Waals surface area contributed by atoms with Gasteiger partial charge in [-0.15, -0.1) is 11.8 Å². The predicted molar refractivity (Wildman–Crippen MR) is 122 cm³/mol. The first kappa shape index (κ1) is 23.4. The third kappa shape index (κ3) is 5.53. The Morgan fingerprint density at radius 1 is 1.10 bits per heavy atom. The van der Waals surface area contributed by atoms with Crippen LogP contribution in [0.4, 0.5) is 0 Å². The Balaban J connectivity index is 1.59. The average molecular weight is 448 g/mol. The molecule has 0 aliphatic carbocycles. The van der Waals surface area contributed by atoms with E-state index < -0.39 is 6.04 Å². The van der Waals surface area contributed by atoms with Gasteiger partial charge in [0.05, 0.1) is 13.0 Å². The fraction of sp³-hybridized carbons (Fsp3) is 0.609. The largest absolute Gasteiger partial charge is 0.496 e. The number of hydrogen-bond donors (Lipinski definition) is 0. The second kappa shape index (κ2) is 9.51. The van der Waals surface area contributed by atoms with Gasteiger partial charge in [-0.3, -0.25) is 14.4 Å². The monoisotopic (exact) mass is 447 g/mol. The molecule has 0 N–H and O–H groups in total. The molecule has 0 spiro atoms. The van der Waals surface area contributed by atoms with Crippen molar-refractivity contribution in [3.05, 3.63) is 29.3 Å². The molecule has 170 valence electrons. The van der Waals surface area contributed by atoms with Gasteiger partial charge in [-0.25, -0.2) is 0 Å². The third-order valence-corrected chi connectivity index (χ3v) is 6.72. The molecule has 1 aromatic carbocycles. The maximum absolute atomic E-state index is 13.1. The van der Waals surface area contributed by atoms with Crippen molar-refractivity contribution >= 4 is 29.5 Å². The molecular formula is C23H33N3O4S. The Hall–Kier alpha value is -2.22. The van der Waals surface area contributed by atoms with Crippen molar-refractivity contribution in [2.45, 2.75) is 40.2 Å². The van der Waals surface area contributed by atoms with E-state index in [1.165, 1.54) is 0 Å². The Bertz CT molecular complexity index is 844. The minimum absolute atomic E-state index is 0.00337. The molecule has 8 heteroatoms. The van der Waals surface area contributed by atoms with Crippen molar-refractivity contribution < 1.29 is 19.1 Å².